The van der Waals surface area contributed by atoms with E-state index in [9.17, 15) is 0 Å². The third-order valence-electron chi connectivity index (χ3n) is 3.60. The Morgan fingerprint density at radius 1 is 1.42 bits per heavy atom. The van der Waals surface area contributed by atoms with Gasteiger partial charge in [-0.1, -0.05) is 11.4 Å². The largest absolute Gasteiger partial charge is 0.479 e. The van der Waals surface area contributed by atoms with Gasteiger partial charge in [-0.3, -0.25) is 0 Å². The second-order valence-electron chi connectivity index (χ2n) is 4.62. The molecule has 0 aliphatic carbocycles. The molecule has 19 heavy (non-hydrogen) atoms. The topological polar surface area (TPSA) is 42.6 Å². The van der Waals surface area contributed by atoms with Crippen molar-refractivity contribution in [3.05, 3.63) is 11.5 Å². The van der Waals surface area contributed by atoms with Crippen molar-refractivity contribution >= 4 is 40.4 Å². The molecular weight excluding hydrogens is 299 g/mol. The van der Waals surface area contributed by atoms with Crippen LogP contribution in [0.15, 0.2) is 4.76 Å². The predicted octanol–water partition coefficient (Wildman–Crippen LogP) is 2.65. The van der Waals surface area contributed by atoms with Crippen LogP contribution < -0.4 is 4.67 Å². The number of imidazole rings is 1. The molecule has 0 spiro atoms. The van der Waals surface area contributed by atoms with E-state index in [1.807, 2.05) is 13.3 Å². The molecule has 1 aromatic rings. The first-order valence-corrected chi connectivity index (χ1v) is 10.8. The summed E-state index contributed by atoms with van der Waals surface area (Å²) in [7, 11) is 3.67. The van der Waals surface area contributed by atoms with E-state index in [0.717, 1.165) is 30.3 Å². The van der Waals surface area contributed by atoms with Crippen molar-refractivity contribution in [1.82, 2.24) is 9.55 Å². The minimum atomic E-state index is -2.03. The van der Waals surface area contributed by atoms with Gasteiger partial charge in [0.15, 0.2) is 5.82 Å². The average Bonchev–Trinajstić information content (AvgIpc) is 2.82. The molecule has 0 bridgehead atoms. The number of anilines is 1. The van der Waals surface area contributed by atoms with E-state index in [0.29, 0.717) is 5.90 Å². The quantitative estimate of drug-likeness (QED) is 0.745. The number of nitrogens with zero attached hydrogens (tertiary/aromatic N) is 4. The van der Waals surface area contributed by atoms with Gasteiger partial charge in [0.1, 0.15) is 11.5 Å². The van der Waals surface area contributed by atoms with Crippen molar-refractivity contribution in [2.24, 2.45) is 4.76 Å². The molecule has 0 amide bonds. The van der Waals surface area contributed by atoms with Crippen molar-refractivity contribution in [2.75, 3.05) is 25.1 Å². The first kappa shape index (κ1) is 13.5. The summed E-state index contributed by atoms with van der Waals surface area (Å²) in [6.07, 6.45) is 5.43. The number of ether oxygens (including phenoxy) is 1. The maximum Gasteiger partial charge on any atom is 0.243 e. The molecule has 2 aliphatic heterocycles. The molecule has 0 fully saturated rings. The Kier molecular flexibility index (Phi) is 3.39. The monoisotopic (exact) mass is 316 g/mol. The van der Waals surface area contributed by atoms with Gasteiger partial charge in [-0.2, -0.15) is 4.76 Å². The van der Waals surface area contributed by atoms with Crippen LogP contribution in [0.5, 0.6) is 0 Å². The Morgan fingerprint density at radius 2 is 2.21 bits per heavy atom. The molecule has 0 radical (unpaired) electrons. The summed E-state index contributed by atoms with van der Waals surface area (Å²) < 4.78 is 14.5. The summed E-state index contributed by atoms with van der Waals surface area (Å²) in [5.74, 6) is 2.74. The minimum Gasteiger partial charge on any atom is -0.479 e. The molecule has 1 atom stereocenters. The highest BCUT2D eigenvalue weighted by atomic mass is 32.9. The van der Waals surface area contributed by atoms with Gasteiger partial charge in [0.2, 0.25) is 11.4 Å². The highest BCUT2D eigenvalue weighted by Gasteiger charge is 2.36. The zero-order valence-corrected chi connectivity index (χ0v) is 13.8. The third kappa shape index (κ3) is 1.94. The summed E-state index contributed by atoms with van der Waals surface area (Å²) in [6.45, 7) is 0.996. The third-order valence-corrected chi connectivity index (χ3v) is 10.2. The summed E-state index contributed by atoms with van der Waals surface area (Å²) >= 11 is 7.34. The van der Waals surface area contributed by atoms with E-state index in [1.54, 1.807) is 18.5 Å². The maximum atomic E-state index is 5.72. The van der Waals surface area contributed by atoms with Crippen LogP contribution in [-0.2, 0) is 29.5 Å². The van der Waals surface area contributed by atoms with Gasteiger partial charge in [-0.15, -0.1) is 0 Å². The normalized spacial score (nSPS) is 25.6. The van der Waals surface area contributed by atoms with Gasteiger partial charge in [0, 0.05) is 20.0 Å². The second-order valence-corrected chi connectivity index (χ2v) is 11.6. The zero-order chi connectivity index (χ0) is 13.6. The summed E-state index contributed by atoms with van der Waals surface area (Å²) in [5, 5.41) is 0. The van der Waals surface area contributed by atoms with E-state index in [1.165, 1.54) is 12.8 Å². The average molecular weight is 316 g/mol. The van der Waals surface area contributed by atoms with Crippen LogP contribution in [0.1, 0.15) is 24.4 Å². The summed E-state index contributed by atoms with van der Waals surface area (Å²) in [5.41, 5.74) is -1.02. The van der Waals surface area contributed by atoms with Crippen LogP contribution in [0.2, 0.25) is 0 Å². The van der Waals surface area contributed by atoms with Gasteiger partial charge in [0.05, 0.1) is 7.11 Å². The number of aryl methyl sites for hydroxylation is 1. The van der Waals surface area contributed by atoms with Crippen LogP contribution in [0.4, 0.5) is 5.82 Å². The lowest BCUT2D eigenvalue weighted by molar-refractivity contribution is 0.399. The first-order valence-electron chi connectivity index (χ1n) is 6.24. The molecule has 3 rings (SSSR count). The van der Waals surface area contributed by atoms with Crippen LogP contribution in [-0.4, -0.2) is 35.9 Å². The predicted molar refractivity (Wildman–Crippen MR) is 84.9 cm³/mol. The second kappa shape index (κ2) is 4.79. The van der Waals surface area contributed by atoms with E-state index in [4.69, 9.17) is 26.3 Å². The molecular formula is C11H17N4OPS2. The molecule has 104 valence electrons. The fraction of sp³-hybridized carbons (Fsp3) is 0.636. The molecule has 0 saturated carbocycles. The molecule has 0 N–H and O–H groups in total. The summed E-state index contributed by atoms with van der Waals surface area (Å²) in [6, 6.07) is 0. The number of fused-ring (bicyclic) bond motifs is 3. The van der Waals surface area contributed by atoms with Gasteiger partial charge >= 0.3 is 0 Å². The lowest BCUT2D eigenvalue weighted by Gasteiger charge is -2.32. The Labute approximate surface area is 122 Å². The molecule has 8 heteroatoms. The lowest BCUT2D eigenvalue weighted by atomic mass is 10.1. The smallest absolute Gasteiger partial charge is 0.243 e. The molecule has 0 aromatic carbocycles. The molecule has 5 nitrogen and oxygen atoms in total. The van der Waals surface area contributed by atoms with Crippen molar-refractivity contribution in [2.45, 2.75) is 25.8 Å². The van der Waals surface area contributed by atoms with Crippen LogP contribution >= 0.6 is 16.9 Å². The Balaban J connectivity index is 2.21. The number of hydrogen-bond donors (Lipinski definition) is 0. The number of methoxy groups -OCH3 is 1. The Bertz CT molecular complexity index is 598. The standard InChI is InChI=1S/C11H17N4OPS2/c1-14-10-9(11(16-2)13-17(14,18)19-3)15-7-5-4-6-8(15)12-10/h4-7H2,1-3H3/t17-/m0/s1. The maximum absolute atomic E-state index is 5.72. The fourth-order valence-corrected chi connectivity index (χ4v) is 5.69. The molecule has 1 aromatic heterocycles. The molecule has 2 aliphatic rings. The zero-order valence-electron chi connectivity index (χ0n) is 11.3. The number of rotatable bonds is 1. The van der Waals surface area contributed by atoms with E-state index in [2.05, 4.69) is 9.24 Å². The van der Waals surface area contributed by atoms with Gasteiger partial charge < -0.3 is 14.0 Å². The number of hydrogen-bond acceptors (Lipinski definition) is 4. The van der Waals surface area contributed by atoms with Crippen LogP contribution in [0.3, 0.4) is 0 Å². The van der Waals surface area contributed by atoms with E-state index in [-0.39, 0.29) is 0 Å². The molecule has 3 heterocycles. The molecule has 0 saturated heterocycles. The van der Waals surface area contributed by atoms with Gasteiger partial charge in [0.25, 0.3) is 0 Å². The van der Waals surface area contributed by atoms with Crippen molar-refractivity contribution in [1.29, 1.82) is 0 Å². The van der Waals surface area contributed by atoms with Crippen molar-refractivity contribution in [3.8, 4) is 0 Å². The minimum absolute atomic E-state index is 0.659. The Morgan fingerprint density at radius 3 is 2.89 bits per heavy atom. The van der Waals surface area contributed by atoms with Gasteiger partial charge in [-0.05, 0) is 30.9 Å². The fourth-order valence-electron chi connectivity index (χ4n) is 2.56. The van der Waals surface area contributed by atoms with Gasteiger partial charge in [-0.25, -0.2) is 4.98 Å². The molecule has 0 unspecified atom stereocenters. The summed E-state index contributed by atoms with van der Waals surface area (Å²) in [4.78, 5) is 4.79. The SMILES string of the molecule is COC1=N[P@](=S)(SC)N(C)c2nc3n(c21)CCCC3. The Hall–Kier alpha value is -0.520. The highest BCUT2D eigenvalue weighted by molar-refractivity contribution is 8.70. The first-order chi connectivity index (χ1) is 9.10. The van der Waals surface area contributed by atoms with E-state index >= 15 is 0 Å². The van der Waals surface area contributed by atoms with Crippen LogP contribution in [0.25, 0.3) is 0 Å². The lowest BCUT2D eigenvalue weighted by Crippen LogP contribution is -2.24. The van der Waals surface area contributed by atoms with Crippen molar-refractivity contribution < 1.29 is 4.74 Å². The van der Waals surface area contributed by atoms with E-state index < -0.39 is 5.54 Å². The van der Waals surface area contributed by atoms with Crippen molar-refractivity contribution in [3.63, 3.8) is 0 Å². The highest BCUT2D eigenvalue weighted by Crippen LogP contribution is 2.65. The number of aromatic nitrogens is 2. The van der Waals surface area contributed by atoms with Crippen LogP contribution in [0, 0.1) is 0 Å².